The van der Waals surface area contributed by atoms with Crippen LogP contribution in [0.4, 0.5) is 0 Å². The molecule has 5 heteroatoms. The lowest BCUT2D eigenvalue weighted by Crippen LogP contribution is -2.35. The van der Waals surface area contributed by atoms with Crippen molar-refractivity contribution < 1.29 is 9.53 Å². The molecule has 1 saturated heterocycles. The van der Waals surface area contributed by atoms with Gasteiger partial charge in [-0.15, -0.1) is 0 Å². The van der Waals surface area contributed by atoms with Crippen LogP contribution in [-0.2, 0) is 4.79 Å². The molecule has 0 saturated carbocycles. The Labute approximate surface area is 142 Å². The molecule has 2 heterocycles. The molecule has 1 aliphatic heterocycles. The summed E-state index contributed by atoms with van der Waals surface area (Å²) in [4.78, 5) is 22.6. The highest BCUT2D eigenvalue weighted by molar-refractivity contribution is 5.79. The molecule has 0 aliphatic carbocycles. The van der Waals surface area contributed by atoms with Crippen LogP contribution in [0.25, 0.3) is 11.4 Å². The van der Waals surface area contributed by atoms with Gasteiger partial charge < -0.3 is 9.64 Å². The van der Waals surface area contributed by atoms with Crippen molar-refractivity contribution in [2.24, 2.45) is 0 Å². The van der Waals surface area contributed by atoms with Crippen molar-refractivity contribution in [3.63, 3.8) is 0 Å². The van der Waals surface area contributed by atoms with Crippen LogP contribution >= 0.6 is 0 Å². The summed E-state index contributed by atoms with van der Waals surface area (Å²) in [5.74, 6) is 1.70. The molecule has 0 spiro atoms. The smallest absolute Gasteiger partial charge is 0.217 e. The number of rotatable bonds is 6. The van der Waals surface area contributed by atoms with Gasteiger partial charge in [-0.25, -0.2) is 4.98 Å². The van der Waals surface area contributed by atoms with E-state index in [9.17, 15) is 4.79 Å². The lowest BCUT2D eigenvalue weighted by Gasteiger charge is -2.25. The number of ether oxygens (including phenoxy) is 1. The molecule has 0 radical (unpaired) electrons. The molecule has 0 atom stereocenters. The van der Waals surface area contributed by atoms with Crippen LogP contribution in [0.5, 0.6) is 5.88 Å². The molecule has 3 rings (SSSR count). The molecule has 0 unspecified atom stereocenters. The Morgan fingerprint density at radius 2 is 1.88 bits per heavy atom. The maximum atomic E-state index is 11.2. The number of Topliss-reactive ketones (excluding diaryl/α,β-unsaturated/α-hetero) is 1. The molecule has 1 aromatic heterocycles. The normalized spacial score (nSPS) is 15.5. The van der Waals surface area contributed by atoms with Gasteiger partial charge in [0.15, 0.2) is 5.82 Å². The molecule has 2 aromatic rings. The predicted octanol–water partition coefficient (Wildman–Crippen LogP) is 2.89. The van der Waals surface area contributed by atoms with E-state index in [1.165, 1.54) is 0 Å². The van der Waals surface area contributed by atoms with E-state index in [2.05, 4.69) is 14.9 Å². The topological polar surface area (TPSA) is 55.3 Å². The minimum absolute atomic E-state index is 0.382. The maximum Gasteiger partial charge on any atom is 0.217 e. The summed E-state index contributed by atoms with van der Waals surface area (Å²) in [5, 5.41) is 0. The van der Waals surface area contributed by atoms with Gasteiger partial charge in [-0.2, -0.15) is 4.98 Å². The molecule has 0 amide bonds. The summed E-state index contributed by atoms with van der Waals surface area (Å²) in [6.07, 6.45) is 2.30. The SMILES string of the molecule is Cc1cc(OCCCN2CCC(=O)CC2)nc(-c2ccccc2)n1. The minimum Gasteiger partial charge on any atom is -0.478 e. The summed E-state index contributed by atoms with van der Waals surface area (Å²) in [6.45, 7) is 5.29. The number of aromatic nitrogens is 2. The van der Waals surface area contributed by atoms with Gasteiger partial charge in [0.2, 0.25) is 5.88 Å². The van der Waals surface area contributed by atoms with Gasteiger partial charge in [0, 0.05) is 49.8 Å². The Morgan fingerprint density at radius 1 is 1.12 bits per heavy atom. The van der Waals surface area contributed by atoms with Gasteiger partial charge in [0.25, 0.3) is 0 Å². The third kappa shape index (κ3) is 4.61. The second kappa shape index (κ2) is 8.02. The molecule has 0 bridgehead atoms. The van der Waals surface area contributed by atoms with Gasteiger partial charge in [-0.1, -0.05) is 30.3 Å². The predicted molar refractivity (Wildman–Crippen MR) is 93.0 cm³/mol. The second-order valence-electron chi connectivity index (χ2n) is 6.12. The van der Waals surface area contributed by atoms with E-state index in [0.29, 0.717) is 36.9 Å². The Balaban J connectivity index is 1.52. The van der Waals surface area contributed by atoms with Crippen molar-refractivity contribution in [2.45, 2.75) is 26.2 Å². The zero-order valence-corrected chi connectivity index (χ0v) is 14.1. The van der Waals surface area contributed by atoms with E-state index in [0.717, 1.165) is 37.3 Å². The first kappa shape index (κ1) is 16.6. The highest BCUT2D eigenvalue weighted by atomic mass is 16.5. The standard InChI is InChI=1S/C19H23N3O2/c1-15-14-18(21-19(20-15)16-6-3-2-4-7-16)24-13-5-10-22-11-8-17(23)9-12-22/h2-4,6-7,14H,5,8-13H2,1H3. The maximum absolute atomic E-state index is 11.2. The molecule has 1 aliphatic rings. The fraction of sp³-hybridized carbons (Fsp3) is 0.421. The van der Waals surface area contributed by atoms with Crippen molar-refractivity contribution in [2.75, 3.05) is 26.2 Å². The van der Waals surface area contributed by atoms with Crippen molar-refractivity contribution in [3.8, 4) is 17.3 Å². The quantitative estimate of drug-likeness (QED) is 0.764. The molecule has 24 heavy (non-hydrogen) atoms. The van der Waals surface area contributed by atoms with Crippen LogP contribution in [0, 0.1) is 6.92 Å². The van der Waals surface area contributed by atoms with Crippen molar-refractivity contribution in [3.05, 3.63) is 42.1 Å². The Morgan fingerprint density at radius 3 is 2.62 bits per heavy atom. The van der Waals surface area contributed by atoms with E-state index in [4.69, 9.17) is 4.74 Å². The van der Waals surface area contributed by atoms with Gasteiger partial charge in [-0.05, 0) is 13.3 Å². The summed E-state index contributed by atoms with van der Waals surface area (Å²) >= 11 is 0. The number of ketones is 1. The first-order chi connectivity index (χ1) is 11.7. The summed E-state index contributed by atoms with van der Waals surface area (Å²) in [5.41, 5.74) is 1.89. The van der Waals surface area contributed by atoms with E-state index >= 15 is 0 Å². The first-order valence-electron chi connectivity index (χ1n) is 8.49. The van der Waals surface area contributed by atoms with E-state index in [1.807, 2.05) is 43.3 Å². The molecule has 0 N–H and O–H groups in total. The lowest BCUT2D eigenvalue weighted by atomic mass is 10.1. The van der Waals surface area contributed by atoms with Crippen LogP contribution in [0.2, 0.25) is 0 Å². The van der Waals surface area contributed by atoms with Crippen molar-refractivity contribution in [1.82, 2.24) is 14.9 Å². The number of hydrogen-bond acceptors (Lipinski definition) is 5. The third-order valence-electron chi connectivity index (χ3n) is 4.15. The van der Waals surface area contributed by atoms with Gasteiger partial charge >= 0.3 is 0 Å². The molecule has 5 nitrogen and oxygen atoms in total. The summed E-state index contributed by atoms with van der Waals surface area (Å²) < 4.78 is 5.82. The molecular formula is C19H23N3O2. The fourth-order valence-electron chi connectivity index (χ4n) is 2.82. The summed E-state index contributed by atoms with van der Waals surface area (Å²) in [6, 6.07) is 11.8. The third-order valence-corrected chi connectivity index (χ3v) is 4.15. The average molecular weight is 325 g/mol. The van der Waals surface area contributed by atoms with Gasteiger partial charge in [0.1, 0.15) is 5.78 Å². The van der Waals surface area contributed by atoms with Gasteiger partial charge in [-0.3, -0.25) is 4.79 Å². The van der Waals surface area contributed by atoms with Crippen LogP contribution < -0.4 is 4.74 Å². The number of likely N-dealkylation sites (tertiary alicyclic amines) is 1. The largest absolute Gasteiger partial charge is 0.478 e. The molecule has 1 fully saturated rings. The Kier molecular flexibility index (Phi) is 5.54. The van der Waals surface area contributed by atoms with Crippen LogP contribution in [-0.4, -0.2) is 46.9 Å². The highest BCUT2D eigenvalue weighted by Gasteiger charge is 2.15. The highest BCUT2D eigenvalue weighted by Crippen LogP contribution is 2.18. The molecule has 126 valence electrons. The zero-order chi connectivity index (χ0) is 16.8. The zero-order valence-electron chi connectivity index (χ0n) is 14.1. The van der Waals surface area contributed by atoms with Crippen LogP contribution in [0.3, 0.4) is 0 Å². The van der Waals surface area contributed by atoms with Crippen molar-refractivity contribution >= 4 is 5.78 Å². The van der Waals surface area contributed by atoms with Gasteiger partial charge in [0.05, 0.1) is 6.61 Å². The fourth-order valence-corrected chi connectivity index (χ4v) is 2.82. The van der Waals surface area contributed by atoms with E-state index in [-0.39, 0.29) is 0 Å². The number of hydrogen-bond donors (Lipinski definition) is 0. The van der Waals surface area contributed by atoms with Crippen LogP contribution in [0.1, 0.15) is 25.0 Å². The number of piperidine rings is 1. The number of nitrogens with zero attached hydrogens (tertiary/aromatic N) is 3. The Bertz CT molecular complexity index is 678. The monoisotopic (exact) mass is 325 g/mol. The number of benzene rings is 1. The lowest BCUT2D eigenvalue weighted by molar-refractivity contribution is -0.121. The van der Waals surface area contributed by atoms with Crippen LogP contribution in [0.15, 0.2) is 36.4 Å². The molecular weight excluding hydrogens is 302 g/mol. The summed E-state index contributed by atoms with van der Waals surface area (Å²) in [7, 11) is 0. The number of aryl methyl sites for hydroxylation is 1. The van der Waals surface area contributed by atoms with Crippen molar-refractivity contribution in [1.29, 1.82) is 0 Å². The van der Waals surface area contributed by atoms with E-state index in [1.54, 1.807) is 0 Å². The minimum atomic E-state index is 0.382. The number of carbonyl (C=O) groups excluding carboxylic acids is 1. The Hall–Kier alpha value is -2.27. The van der Waals surface area contributed by atoms with E-state index < -0.39 is 0 Å². The second-order valence-corrected chi connectivity index (χ2v) is 6.12. The molecule has 1 aromatic carbocycles. The number of carbonyl (C=O) groups is 1. The first-order valence-corrected chi connectivity index (χ1v) is 8.49. The average Bonchev–Trinajstić information content (AvgIpc) is 2.61.